The Morgan fingerprint density at radius 2 is 1.82 bits per heavy atom. The summed E-state index contributed by atoms with van der Waals surface area (Å²) in [6.07, 6.45) is 6.55. The molecular weight excluding hydrogens is 280 g/mol. The van der Waals surface area contributed by atoms with E-state index in [2.05, 4.69) is 20.9 Å². The van der Waals surface area contributed by atoms with E-state index in [4.69, 9.17) is 9.47 Å². The van der Waals surface area contributed by atoms with Crippen LogP contribution in [0.3, 0.4) is 0 Å². The molecule has 3 N–H and O–H groups in total. The number of hydrogen-bond acceptors (Lipinski definition) is 6. The first kappa shape index (κ1) is 15.4. The third kappa shape index (κ3) is 4.01. The van der Waals surface area contributed by atoms with E-state index >= 15 is 0 Å². The summed E-state index contributed by atoms with van der Waals surface area (Å²) in [7, 11) is 1.88. The average molecular weight is 306 g/mol. The van der Waals surface area contributed by atoms with Gasteiger partial charge in [-0.15, -0.1) is 0 Å². The number of rotatable bonds is 7. The quantitative estimate of drug-likeness (QED) is 0.707. The van der Waals surface area contributed by atoms with Gasteiger partial charge in [-0.25, -0.2) is 4.98 Å². The SMILES string of the molecule is CNc1cnc(OC[C@H]2CCCN2)c(OC[C@H]2CCCN2)c1. The molecular formula is C16H26N4O2. The first-order valence-electron chi connectivity index (χ1n) is 8.25. The van der Waals surface area contributed by atoms with Crippen LogP contribution in [0.15, 0.2) is 12.3 Å². The first-order chi connectivity index (χ1) is 10.8. The summed E-state index contributed by atoms with van der Waals surface area (Å²) >= 11 is 0. The summed E-state index contributed by atoms with van der Waals surface area (Å²) in [5.41, 5.74) is 0.931. The van der Waals surface area contributed by atoms with Gasteiger partial charge in [-0.2, -0.15) is 0 Å². The fourth-order valence-corrected chi connectivity index (χ4v) is 2.95. The number of ether oxygens (including phenoxy) is 2. The predicted molar refractivity (Wildman–Crippen MR) is 86.8 cm³/mol. The molecule has 3 heterocycles. The molecule has 0 bridgehead atoms. The lowest BCUT2D eigenvalue weighted by Gasteiger charge is -2.17. The van der Waals surface area contributed by atoms with E-state index in [9.17, 15) is 0 Å². The van der Waals surface area contributed by atoms with Gasteiger partial charge in [-0.1, -0.05) is 0 Å². The summed E-state index contributed by atoms with van der Waals surface area (Å²) < 4.78 is 11.9. The largest absolute Gasteiger partial charge is 0.486 e. The van der Waals surface area contributed by atoms with Crippen molar-refractivity contribution in [2.45, 2.75) is 37.8 Å². The Morgan fingerprint density at radius 1 is 1.14 bits per heavy atom. The molecule has 2 aliphatic heterocycles. The van der Waals surface area contributed by atoms with Gasteiger partial charge in [0.05, 0.1) is 11.9 Å². The third-order valence-electron chi connectivity index (χ3n) is 4.29. The highest BCUT2D eigenvalue weighted by atomic mass is 16.5. The standard InChI is InChI=1S/C16H26N4O2/c1-17-14-8-15(21-10-12-4-2-6-18-12)16(20-9-14)22-11-13-5-3-7-19-13/h8-9,12-13,17-19H,2-7,10-11H2,1H3/t12-,13-/m1/s1. The van der Waals surface area contributed by atoms with Crippen LogP contribution in [0.5, 0.6) is 11.6 Å². The molecule has 0 radical (unpaired) electrons. The zero-order valence-electron chi connectivity index (χ0n) is 13.2. The van der Waals surface area contributed by atoms with Crippen molar-refractivity contribution in [1.82, 2.24) is 15.6 Å². The minimum Gasteiger partial charge on any atom is -0.486 e. The zero-order valence-corrected chi connectivity index (χ0v) is 13.2. The lowest BCUT2D eigenvalue weighted by molar-refractivity contribution is 0.228. The van der Waals surface area contributed by atoms with E-state index in [0.717, 1.165) is 30.9 Å². The molecule has 0 unspecified atom stereocenters. The van der Waals surface area contributed by atoms with Crippen LogP contribution in [0.4, 0.5) is 5.69 Å². The van der Waals surface area contributed by atoms with Gasteiger partial charge >= 0.3 is 0 Å². The number of hydrogen-bond donors (Lipinski definition) is 3. The maximum Gasteiger partial charge on any atom is 0.257 e. The molecule has 0 saturated carbocycles. The Hall–Kier alpha value is -1.53. The Labute approximate surface area is 132 Å². The molecule has 0 aromatic carbocycles. The second-order valence-corrected chi connectivity index (χ2v) is 5.99. The van der Waals surface area contributed by atoms with Crippen LogP contribution in [0.2, 0.25) is 0 Å². The average Bonchev–Trinajstić information content (AvgIpc) is 3.24. The highest BCUT2D eigenvalue weighted by molar-refractivity contribution is 5.49. The second-order valence-electron chi connectivity index (χ2n) is 5.99. The highest BCUT2D eigenvalue weighted by Gasteiger charge is 2.18. The first-order valence-corrected chi connectivity index (χ1v) is 8.25. The molecule has 2 atom stereocenters. The van der Waals surface area contributed by atoms with Gasteiger partial charge in [0.25, 0.3) is 5.88 Å². The van der Waals surface area contributed by atoms with Crippen LogP contribution < -0.4 is 25.4 Å². The monoisotopic (exact) mass is 306 g/mol. The van der Waals surface area contributed by atoms with Gasteiger partial charge in [-0.05, 0) is 38.8 Å². The molecule has 2 saturated heterocycles. The minimum absolute atomic E-state index is 0.426. The molecule has 122 valence electrons. The maximum atomic E-state index is 5.97. The zero-order chi connectivity index (χ0) is 15.2. The molecule has 1 aromatic heterocycles. The molecule has 2 aliphatic rings. The van der Waals surface area contributed by atoms with Crippen molar-refractivity contribution < 1.29 is 9.47 Å². The number of anilines is 1. The van der Waals surface area contributed by atoms with Crippen molar-refractivity contribution in [2.75, 3.05) is 38.7 Å². The molecule has 6 nitrogen and oxygen atoms in total. The van der Waals surface area contributed by atoms with E-state index in [1.807, 2.05) is 13.1 Å². The molecule has 2 fully saturated rings. The number of pyridine rings is 1. The lowest BCUT2D eigenvalue weighted by Crippen LogP contribution is -2.29. The minimum atomic E-state index is 0.426. The summed E-state index contributed by atoms with van der Waals surface area (Å²) in [4.78, 5) is 4.40. The molecule has 6 heteroatoms. The summed E-state index contributed by atoms with van der Waals surface area (Å²) in [5, 5.41) is 9.96. The predicted octanol–water partition coefficient (Wildman–Crippen LogP) is 1.38. The van der Waals surface area contributed by atoms with Crippen LogP contribution in [-0.4, -0.2) is 50.4 Å². The van der Waals surface area contributed by atoms with Crippen LogP contribution >= 0.6 is 0 Å². The van der Waals surface area contributed by atoms with E-state index in [1.165, 1.54) is 19.3 Å². The Balaban J connectivity index is 1.61. The van der Waals surface area contributed by atoms with Gasteiger partial charge in [0, 0.05) is 25.2 Å². The van der Waals surface area contributed by atoms with Crippen molar-refractivity contribution in [3.05, 3.63) is 12.3 Å². The van der Waals surface area contributed by atoms with E-state index in [-0.39, 0.29) is 0 Å². The molecule has 0 spiro atoms. The van der Waals surface area contributed by atoms with E-state index < -0.39 is 0 Å². The summed E-state index contributed by atoms with van der Waals surface area (Å²) in [5.74, 6) is 1.31. The molecule has 0 amide bonds. The summed E-state index contributed by atoms with van der Waals surface area (Å²) in [6.45, 7) is 3.47. The van der Waals surface area contributed by atoms with Gasteiger partial charge in [0.15, 0.2) is 5.75 Å². The van der Waals surface area contributed by atoms with Crippen LogP contribution in [-0.2, 0) is 0 Å². The number of aromatic nitrogens is 1. The summed E-state index contributed by atoms with van der Waals surface area (Å²) in [6, 6.07) is 2.82. The Kier molecular flexibility index (Phi) is 5.34. The number of nitrogens with one attached hydrogen (secondary N) is 3. The Morgan fingerprint density at radius 3 is 2.41 bits per heavy atom. The van der Waals surface area contributed by atoms with Gasteiger partial charge in [0.1, 0.15) is 13.2 Å². The third-order valence-corrected chi connectivity index (χ3v) is 4.29. The fraction of sp³-hybridized carbons (Fsp3) is 0.688. The maximum absolute atomic E-state index is 5.97. The van der Waals surface area contributed by atoms with Gasteiger partial charge in [0.2, 0.25) is 0 Å². The van der Waals surface area contributed by atoms with Crippen molar-refractivity contribution in [1.29, 1.82) is 0 Å². The van der Waals surface area contributed by atoms with Crippen molar-refractivity contribution in [3.63, 3.8) is 0 Å². The highest BCUT2D eigenvalue weighted by Crippen LogP contribution is 2.28. The van der Waals surface area contributed by atoms with Crippen molar-refractivity contribution >= 4 is 5.69 Å². The van der Waals surface area contributed by atoms with Gasteiger partial charge < -0.3 is 25.4 Å². The topological polar surface area (TPSA) is 67.4 Å². The van der Waals surface area contributed by atoms with Crippen LogP contribution in [0.25, 0.3) is 0 Å². The normalized spacial score (nSPS) is 24.4. The smallest absolute Gasteiger partial charge is 0.257 e. The van der Waals surface area contributed by atoms with Crippen molar-refractivity contribution in [2.24, 2.45) is 0 Å². The number of nitrogens with zero attached hydrogens (tertiary/aromatic N) is 1. The van der Waals surface area contributed by atoms with Crippen LogP contribution in [0.1, 0.15) is 25.7 Å². The molecule has 0 aliphatic carbocycles. The van der Waals surface area contributed by atoms with Crippen molar-refractivity contribution in [3.8, 4) is 11.6 Å². The van der Waals surface area contributed by atoms with Gasteiger partial charge in [-0.3, -0.25) is 0 Å². The lowest BCUT2D eigenvalue weighted by atomic mass is 10.2. The van der Waals surface area contributed by atoms with E-state index in [1.54, 1.807) is 6.20 Å². The second kappa shape index (κ2) is 7.65. The Bertz CT molecular complexity index is 471. The molecule has 1 aromatic rings. The van der Waals surface area contributed by atoms with Crippen LogP contribution in [0, 0.1) is 0 Å². The fourth-order valence-electron chi connectivity index (χ4n) is 2.95. The molecule has 3 rings (SSSR count). The van der Waals surface area contributed by atoms with E-state index in [0.29, 0.717) is 31.2 Å². The molecule has 22 heavy (non-hydrogen) atoms.